The maximum atomic E-state index is 12.5. The van der Waals surface area contributed by atoms with E-state index in [1.165, 1.54) is 0 Å². The zero-order valence-corrected chi connectivity index (χ0v) is 18.5. The van der Waals surface area contributed by atoms with Gasteiger partial charge in [0.25, 0.3) is 5.91 Å². The van der Waals surface area contributed by atoms with Crippen LogP contribution in [0.25, 0.3) is 0 Å². The normalized spacial score (nSPS) is 16.5. The largest absolute Gasteiger partial charge is 0.489 e. The highest BCUT2D eigenvalue weighted by Gasteiger charge is 2.40. The lowest BCUT2D eigenvalue weighted by Crippen LogP contribution is -2.60. The van der Waals surface area contributed by atoms with Crippen molar-refractivity contribution < 1.29 is 19.4 Å². The van der Waals surface area contributed by atoms with Gasteiger partial charge in [0.05, 0.1) is 0 Å². The van der Waals surface area contributed by atoms with Crippen molar-refractivity contribution in [3.8, 4) is 5.75 Å². The Morgan fingerprint density at radius 1 is 1.20 bits per heavy atom. The molecular weight excluding hydrogens is 450 g/mol. The van der Waals surface area contributed by atoms with E-state index in [2.05, 4.69) is 26.2 Å². The second kappa shape index (κ2) is 10.0. The molecule has 160 valence electrons. The molecule has 30 heavy (non-hydrogen) atoms. The maximum Gasteiger partial charge on any atom is 0.325 e. The van der Waals surface area contributed by atoms with Crippen molar-refractivity contribution in [2.45, 2.75) is 38.3 Å². The number of pyridine rings is 1. The van der Waals surface area contributed by atoms with Gasteiger partial charge in [-0.15, -0.1) is 0 Å². The number of aromatic nitrogens is 1. The standard InChI is InChI=1S/C22H26BrN3O4/c1-22(21(28)29,26-11-3-2-4-12-26)15-25-20(27)17-5-7-18(8-6-17)30-14-16-9-10-24-19(23)13-16/h5-10,13H,2-4,11-12,14-15H2,1H3,(H,25,27)(H,28,29)/t22-/m0/s1. The number of amides is 1. The molecule has 1 aromatic carbocycles. The van der Waals surface area contributed by atoms with Crippen LogP contribution in [0.3, 0.4) is 0 Å². The highest BCUT2D eigenvalue weighted by atomic mass is 79.9. The van der Waals surface area contributed by atoms with E-state index >= 15 is 0 Å². The third kappa shape index (κ3) is 5.58. The minimum absolute atomic E-state index is 0.0519. The number of benzene rings is 1. The second-order valence-corrected chi connectivity index (χ2v) is 8.42. The van der Waals surface area contributed by atoms with E-state index in [-0.39, 0.29) is 12.5 Å². The number of nitrogens with zero attached hydrogens (tertiary/aromatic N) is 2. The fourth-order valence-corrected chi connectivity index (χ4v) is 3.88. The SMILES string of the molecule is C[C@](CNC(=O)c1ccc(OCc2ccnc(Br)c2)cc1)(C(=O)O)N1CCCCC1. The first-order chi connectivity index (χ1) is 14.4. The molecule has 1 fully saturated rings. The summed E-state index contributed by atoms with van der Waals surface area (Å²) in [7, 11) is 0. The van der Waals surface area contributed by atoms with E-state index < -0.39 is 11.5 Å². The summed E-state index contributed by atoms with van der Waals surface area (Å²) in [5.74, 6) is -0.580. The topological polar surface area (TPSA) is 91.8 Å². The summed E-state index contributed by atoms with van der Waals surface area (Å²) in [6.45, 7) is 3.59. The molecule has 0 unspecified atom stereocenters. The Labute approximate surface area is 184 Å². The summed E-state index contributed by atoms with van der Waals surface area (Å²) in [6.07, 6.45) is 4.78. The van der Waals surface area contributed by atoms with Crippen LogP contribution in [0.1, 0.15) is 42.1 Å². The van der Waals surface area contributed by atoms with Gasteiger partial charge in [0.2, 0.25) is 0 Å². The van der Waals surface area contributed by atoms with E-state index in [0.29, 0.717) is 17.9 Å². The van der Waals surface area contributed by atoms with Crippen molar-refractivity contribution in [3.63, 3.8) is 0 Å². The molecule has 1 aliphatic heterocycles. The first-order valence-electron chi connectivity index (χ1n) is 9.98. The molecule has 2 heterocycles. The lowest BCUT2D eigenvalue weighted by Gasteiger charge is -2.40. The number of hydrogen-bond acceptors (Lipinski definition) is 5. The molecule has 2 N–H and O–H groups in total. The number of carboxylic acids is 1. The van der Waals surface area contributed by atoms with Gasteiger partial charge in [0.15, 0.2) is 0 Å². The number of carbonyl (C=O) groups excluding carboxylic acids is 1. The van der Waals surface area contributed by atoms with Gasteiger partial charge >= 0.3 is 5.97 Å². The Morgan fingerprint density at radius 3 is 2.53 bits per heavy atom. The van der Waals surface area contributed by atoms with E-state index in [9.17, 15) is 14.7 Å². The van der Waals surface area contributed by atoms with Gasteiger partial charge in [-0.25, -0.2) is 4.98 Å². The minimum atomic E-state index is -1.11. The molecular formula is C22H26BrN3O4. The number of halogens is 1. The van der Waals surface area contributed by atoms with Crippen molar-refractivity contribution >= 4 is 27.8 Å². The molecule has 3 rings (SSSR count). The van der Waals surface area contributed by atoms with E-state index in [0.717, 1.165) is 42.5 Å². The van der Waals surface area contributed by atoms with Gasteiger partial charge in [0.1, 0.15) is 22.5 Å². The van der Waals surface area contributed by atoms with Gasteiger partial charge < -0.3 is 15.2 Å². The van der Waals surface area contributed by atoms with Crippen molar-refractivity contribution in [3.05, 3.63) is 58.3 Å². The number of nitrogens with one attached hydrogen (secondary N) is 1. The average Bonchev–Trinajstić information content (AvgIpc) is 2.76. The molecule has 0 radical (unpaired) electrons. The molecule has 1 aromatic heterocycles. The predicted octanol–water partition coefficient (Wildman–Crippen LogP) is 3.48. The second-order valence-electron chi connectivity index (χ2n) is 7.61. The van der Waals surface area contributed by atoms with E-state index in [4.69, 9.17) is 4.74 Å². The summed E-state index contributed by atoms with van der Waals surface area (Å²) in [6, 6.07) is 10.6. The lowest BCUT2D eigenvalue weighted by atomic mass is 9.96. The van der Waals surface area contributed by atoms with Crippen LogP contribution in [0.4, 0.5) is 0 Å². The zero-order chi connectivity index (χ0) is 21.6. The third-order valence-corrected chi connectivity index (χ3v) is 5.85. The zero-order valence-electron chi connectivity index (χ0n) is 16.9. The highest BCUT2D eigenvalue weighted by molar-refractivity contribution is 9.10. The van der Waals surface area contributed by atoms with Crippen LogP contribution in [0.2, 0.25) is 0 Å². The van der Waals surface area contributed by atoms with Crippen LogP contribution >= 0.6 is 15.9 Å². The van der Waals surface area contributed by atoms with Crippen molar-refractivity contribution in [1.29, 1.82) is 0 Å². The van der Waals surface area contributed by atoms with Crippen LogP contribution in [0, 0.1) is 0 Å². The number of aliphatic carboxylic acids is 1. The maximum absolute atomic E-state index is 12.5. The Balaban J connectivity index is 1.56. The molecule has 2 aromatic rings. The average molecular weight is 476 g/mol. The number of rotatable bonds is 8. The van der Waals surface area contributed by atoms with Gasteiger partial charge in [0, 0.05) is 18.3 Å². The summed E-state index contributed by atoms with van der Waals surface area (Å²) in [5.41, 5.74) is 0.322. The first kappa shape index (κ1) is 22.2. The number of hydrogen-bond donors (Lipinski definition) is 2. The Bertz CT molecular complexity index is 884. The molecule has 1 atom stereocenters. The number of piperidine rings is 1. The monoisotopic (exact) mass is 475 g/mol. The summed E-state index contributed by atoms with van der Waals surface area (Å²) >= 11 is 3.33. The van der Waals surface area contributed by atoms with E-state index in [1.54, 1.807) is 37.4 Å². The molecule has 0 bridgehead atoms. The van der Waals surface area contributed by atoms with Crippen molar-refractivity contribution in [2.75, 3.05) is 19.6 Å². The molecule has 0 spiro atoms. The molecule has 7 nitrogen and oxygen atoms in total. The van der Waals surface area contributed by atoms with Gasteiger partial charge in [-0.05, 0) is 90.7 Å². The molecule has 0 saturated carbocycles. The van der Waals surface area contributed by atoms with Crippen molar-refractivity contribution in [2.24, 2.45) is 0 Å². The van der Waals surface area contributed by atoms with Gasteiger partial charge in [-0.1, -0.05) is 6.42 Å². The summed E-state index contributed by atoms with van der Waals surface area (Å²) < 4.78 is 6.49. The fraction of sp³-hybridized carbons (Fsp3) is 0.409. The molecule has 1 aliphatic rings. The minimum Gasteiger partial charge on any atom is -0.489 e. The predicted molar refractivity (Wildman–Crippen MR) is 117 cm³/mol. The summed E-state index contributed by atoms with van der Waals surface area (Å²) in [4.78, 5) is 30.5. The molecule has 0 aliphatic carbocycles. The molecule has 1 amide bonds. The highest BCUT2D eigenvalue weighted by Crippen LogP contribution is 2.21. The Morgan fingerprint density at radius 2 is 1.90 bits per heavy atom. The van der Waals surface area contributed by atoms with Crippen LogP contribution in [-0.4, -0.2) is 52.0 Å². The number of carbonyl (C=O) groups is 2. The van der Waals surface area contributed by atoms with Gasteiger partial charge in [-0.2, -0.15) is 0 Å². The number of carboxylic acid groups (broad SMARTS) is 1. The van der Waals surface area contributed by atoms with Crippen LogP contribution in [0.5, 0.6) is 5.75 Å². The number of ether oxygens (including phenoxy) is 1. The quantitative estimate of drug-likeness (QED) is 0.567. The molecule has 8 heteroatoms. The summed E-state index contributed by atoms with van der Waals surface area (Å²) in [5, 5.41) is 12.5. The first-order valence-corrected chi connectivity index (χ1v) is 10.8. The van der Waals surface area contributed by atoms with Crippen LogP contribution in [0.15, 0.2) is 47.2 Å². The van der Waals surface area contributed by atoms with Crippen LogP contribution in [-0.2, 0) is 11.4 Å². The lowest BCUT2D eigenvalue weighted by molar-refractivity contribution is -0.150. The van der Waals surface area contributed by atoms with Crippen molar-refractivity contribution in [1.82, 2.24) is 15.2 Å². The number of likely N-dealkylation sites (tertiary alicyclic amines) is 1. The molecule has 1 saturated heterocycles. The van der Waals surface area contributed by atoms with E-state index in [1.807, 2.05) is 17.0 Å². The fourth-order valence-electron chi connectivity index (χ4n) is 3.47. The van der Waals surface area contributed by atoms with Crippen LogP contribution < -0.4 is 10.1 Å². The Kier molecular flexibility index (Phi) is 7.44. The Hall–Kier alpha value is -2.45. The van der Waals surface area contributed by atoms with Gasteiger partial charge in [-0.3, -0.25) is 14.5 Å². The third-order valence-electron chi connectivity index (χ3n) is 5.42. The smallest absolute Gasteiger partial charge is 0.325 e.